The van der Waals surface area contributed by atoms with Crippen LogP contribution < -0.4 is 5.73 Å². The van der Waals surface area contributed by atoms with Gasteiger partial charge in [0.15, 0.2) is 0 Å². The Morgan fingerprint density at radius 2 is 2.05 bits per heavy atom. The second-order valence-electron chi connectivity index (χ2n) is 4.28. The predicted octanol–water partition coefficient (Wildman–Crippen LogP) is 3.07. The number of hydrogen-bond donors (Lipinski definition) is 1. The summed E-state index contributed by atoms with van der Waals surface area (Å²) in [6.07, 6.45) is 0. The first-order valence-corrected chi connectivity index (χ1v) is 5.84. The van der Waals surface area contributed by atoms with E-state index in [1.165, 1.54) is 12.1 Å². The lowest BCUT2D eigenvalue weighted by Crippen LogP contribution is -2.07. The lowest BCUT2D eigenvalue weighted by atomic mass is 10.1. The van der Waals surface area contributed by atoms with E-state index in [1.54, 1.807) is 37.3 Å². The van der Waals surface area contributed by atoms with E-state index in [4.69, 9.17) is 10.5 Å². The molecule has 0 aliphatic heterocycles. The fraction of sp³-hybridized carbons (Fsp3) is 0.133. The largest absolute Gasteiger partial charge is 0.457 e. The third-order valence-electron chi connectivity index (χ3n) is 2.73. The van der Waals surface area contributed by atoms with Gasteiger partial charge in [-0.25, -0.2) is 9.18 Å². The van der Waals surface area contributed by atoms with Crippen molar-refractivity contribution in [3.63, 3.8) is 0 Å². The van der Waals surface area contributed by atoms with Crippen molar-refractivity contribution in [1.29, 1.82) is 0 Å². The van der Waals surface area contributed by atoms with Gasteiger partial charge >= 0.3 is 5.97 Å². The standard InChI is InChI=1S/C15H14FNO2/c1-10-7-13(17)5-6-14(10)15(18)19-9-11-3-2-4-12(16)8-11/h2-8H,9,17H2,1H3. The van der Waals surface area contributed by atoms with Gasteiger partial charge < -0.3 is 10.5 Å². The number of benzene rings is 2. The number of esters is 1. The zero-order valence-corrected chi connectivity index (χ0v) is 10.5. The average molecular weight is 259 g/mol. The molecular weight excluding hydrogens is 245 g/mol. The molecule has 0 unspecified atom stereocenters. The molecule has 0 aliphatic rings. The topological polar surface area (TPSA) is 52.3 Å². The van der Waals surface area contributed by atoms with Crippen LogP contribution in [-0.4, -0.2) is 5.97 Å². The van der Waals surface area contributed by atoms with Crippen LogP contribution >= 0.6 is 0 Å². The maximum atomic E-state index is 13.0. The summed E-state index contributed by atoms with van der Waals surface area (Å²) >= 11 is 0. The van der Waals surface area contributed by atoms with Gasteiger partial charge in [0.2, 0.25) is 0 Å². The molecule has 0 heterocycles. The fourth-order valence-corrected chi connectivity index (χ4v) is 1.77. The second kappa shape index (κ2) is 5.52. The molecule has 2 aromatic carbocycles. The van der Waals surface area contributed by atoms with Gasteiger partial charge in [-0.15, -0.1) is 0 Å². The number of anilines is 1. The van der Waals surface area contributed by atoms with Crippen molar-refractivity contribution in [2.24, 2.45) is 0 Å². The SMILES string of the molecule is Cc1cc(N)ccc1C(=O)OCc1cccc(F)c1. The van der Waals surface area contributed by atoms with E-state index in [9.17, 15) is 9.18 Å². The molecule has 0 spiro atoms. The Bertz CT molecular complexity index is 611. The molecule has 2 N–H and O–H groups in total. The number of hydrogen-bond acceptors (Lipinski definition) is 3. The van der Waals surface area contributed by atoms with E-state index in [0.29, 0.717) is 16.8 Å². The van der Waals surface area contributed by atoms with Gasteiger partial charge in [-0.1, -0.05) is 12.1 Å². The van der Waals surface area contributed by atoms with Gasteiger partial charge in [0.25, 0.3) is 0 Å². The van der Waals surface area contributed by atoms with Crippen LogP contribution in [0.1, 0.15) is 21.5 Å². The Hall–Kier alpha value is -2.36. The van der Waals surface area contributed by atoms with E-state index in [1.807, 2.05) is 0 Å². The molecular formula is C15H14FNO2. The molecule has 3 nitrogen and oxygen atoms in total. The zero-order chi connectivity index (χ0) is 13.8. The normalized spacial score (nSPS) is 10.2. The Balaban J connectivity index is 2.05. The molecule has 2 rings (SSSR count). The highest BCUT2D eigenvalue weighted by Crippen LogP contribution is 2.14. The van der Waals surface area contributed by atoms with E-state index >= 15 is 0 Å². The van der Waals surface area contributed by atoms with Crippen molar-refractivity contribution in [2.75, 3.05) is 5.73 Å². The summed E-state index contributed by atoms with van der Waals surface area (Å²) in [7, 11) is 0. The maximum absolute atomic E-state index is 13.0. The number of nitrogen functional groups attached to an aromatic ring is 1. The average Bonchev–Trinajstić information content (AvgIpc) is 2.36. The number of carbonyl (C=O) groups excluding carboxylic acids is 1. The number of nitrogens with two attached hydrogens (primary N) is 1. The highest BCUT2D eigenvalue weighted by Gasteiger charge is 2.10. The molecule has 0 saturated carbocycles. The van der Waals surface area contributed by atoms with Crippen LogP contribution in [0.2, 0.25) is 0 Å². The first kappa shape index (κ1) is 13.1. The van der Waals surface area contributed by atoms with Crippen molar-refractivity contribution < 1.29 is 13.9 Å². The van der Waals surface area contributed by atoms with E-state index < -0.39 is 5.97 Å². The third-order valence-corrected chi connectivity index (χ3v) is 2.73. The smallest absolute Gasteiger partial charge is 0.338 e. The zero-order valence-electron chi connectivity index (χ0n) is 10.5. The molecule has 0 aliphatic carbocycles. The van der Waals surface area contributed by atoms with Gasteiger partial charge in [0.05, 0.1) is 5.56 Å². The van der Waals surface area contributed by atoms with Crippen molar-refractivity contribution in [3.8, 4) is 0 Å². The second-order valence-corrected chi connectivity index (χ2v) is 4.28. The summed E-state index contributed by atoms with van der Waals surface area (Å²) in [4.78, 5) is 11.9. The van der Waals surface area contributed by atoms with Crippen molar-refractivity contribution in [3.05, 3.63) is 65.0 Å². The number of ether oxygens (including phenoxy) is 1. The van der Waals surface area contributed by atoms with Crippen LogP contribution in [0.3, 0.4) is 0 Å². The number of halogens is 1. The van der Waals surface area contributed by atoms with Gasteiger partial charge in [-0.3, -0.25) is 0 Å². The summed E-state index contributed by atoms with van der Waals surface area (Å²) in [5.41, 5.74) is 8.04. The minimum absolute atomic E-state index is 0.0421. The third kappa shape index (κ3) is 3.31. The molecule has 0 aromatic heterocycles. The molecule has 0 amide bonds. The van der Waals surface area contributed by atoms with Crippen LogP contribution in [0.4, 0.5) is 10.1 Å². The van der Waals surface area contributed by atoms with Crippen LogP contribution in [-0.2, 0) is 11.3 Å². The van der Waals surface area contributed by atoms with Crippen molar-refractivity contribution >= 4 is 11.7 Å². The minimum atomic E-state index is -0.443. The molecule has 0 radical (unpaired) electrons. The monoisotopic (exact) mass is 259 g/mol. The van der Waals surface area contributed by atoms with Gasteiger partial charge in [-0.2, -0.15) is 0 Å². The molecule has 4 heteroatoms. The van der Waals surface area contributed by atoms with Crippen molar-refractivity contribution in [1.82, 2.24) is 0 Å². The summed E-state index contributed by atoms with van der Waals surface area (Å²) in [6.45, 7) is 1.83. The fourth-order valence-electron chi connectivity index (χ4n) is 1.77. The number of aryl methyl sites for hydroxylation is 1. The summed E-state index contributed by atoms with van der Waals surface area (Å²) in [5, 5.41) is 0. The molecule has 0 bridgehead atoms. The molecule has 98 valence electrons. The molecule has 0 atom stereocenters. The molecule has 0 saturated heterocycles. The van der Waals surface area contributed by atoms with E-state index in [0.717, 1.165) is 5.56 Å². The molecule has 2 aromatic rings. The van der Waals surface area contributed by atoms with Crippen molar-refractivity contribution in [2.45, 2.75) is 13.5 Å². The first-order valence-electron chi connectivity index (χ1n) is 5.84. The Kier molecular flexibility index (Phi) is 3.80. The quantitative estimate of drug-likeness (QED) is 0.680. The Labute approximate surface area is 110 Å². The molecule has 0 fully saturated rings. The van der Waals surface area contributed by atoms with Gasteiger partial charge in [-0.05, 0) is 48.4 Å². The van der Waals surface area contributed by atoms with Crippen LogP contribution in [0.25, 0.3) is 0 Å². The maximum Gasteiger partial charge on any atom is 0.338 e. The number of rotatable bonds is 3. The predicted molar refractivity (Wildman–Crippen MR) is 71.1 cm³/mol. The first-order chi connectivity index (χ1) is 9.06. The minimum Gasteiger partial charge on any atom is -0.457 e. The number of carbonyl (C=O) groups is 1. The summed E-state index contributed by atoms with van der Waals surface area (Å²) < 4.78 is 18.1. The van der Waals surface area contributed by atoms with E-state index in [2.05, 4.69) is 0 Å². The van der Waals surface area contributed by atoms with Gasteiger partial charge in [0.1, 0.15) is 12.4 Å². The van der Waals surface area contributed by atoms with Gasteiger partial charge in [0, 0.05) is 5.69 Å². The Morgan fingerprint density at radius 1 is 1.26 bits per heavy atom. The molecule has 19 heavy (non-hydrogen) atoms. The lowest BCUT2D eigenvalue weighted by molar-refractivity contribution is 0.0471. The van der Waals surface area contributed by atoms with E-state index in [-0.39, 0.29) is 12.4 Å². The van der Waals surface area contributed by atoms with Crippen LogP contribution in [0, 0.1) is 12.7 Å². The summed E-state index contributed by atoms with van der Waals surface area (Å²) in [5.74, 6) is -0.793. The highest BCUT2D eigenvalue weighted by atomic mass is 19.1. The highest BCUT2D eigenvalue weighted by molar-refractivity contribution is 5.91. The van der Waals surface area contributed by atoms with Crippen LogP contribution in [0.15, 0.2) is 42.5 Å². The summed E-state index contributed by atoms with van der Waals surface area (Å²) in [6, 6.07) is 10.9. The van der Waals surface area contributed by atoms with Crippen LogP contribution in [0.5, 0.6) is 0 Å². The Morgan fingerprint density at radius 3 is 2.74 bits per heavy atom. The lowest BCUT2D eigenvalue weighted by Gasteiger charge is -2.08.